The summed E-state index contributed by atoms with van der Waals surface area (Å²) in [6.07, 6.45) is 4.58. The summed E-state index contributed by atoms with van der Waals surface area (Å²) in [5.74, 6) is 1.99. The molecule has 0 amide bonds. The highest BCUT2D eigenvalue weighted by atomic mass is 32.2. The number of imidazole rings is 1. The zero-order valence-electron chi connectivity index (χ0n) is 13.8. The molecule has 0 radical (unpaired) electrons. The number of pyridine rings is 2. The first-order valence-electron chi connectivity index (χ1n) is 7.83. The molecule has 130 valence electrons. The van der Waals surface area contributed by atoms with Gasteiger partial charge in [0.2, 0.25) is 0 Å². The molecule has 0 aliphatic rings. The number of anilines is 2. The monoisotopic (exact) mass is 365 g/mol. The number of nitrogens with one attached hydrogen (secondary N) is 2. The molecular formula is C18H15N5O2S. The van der Waals surface area contributed by atoms with Crippen molar-refractivity contribution in [3.63, 3.8) is 0 Å². The lowest BCUT2D eigenvalue weighted by Crippen LogP contribution is -1.96. The van der Waals surface area contributed by atoms with Gasteiger partial charge < -0.3 is 10.3 Å². The maximum absolute atomic E-state index is 11.6. The summed E-state index contributed by atoms with van der Waals surface area (Å²) in [4.78, 5) is 16.6. The minimum atomic E-state index is -3.22. The van der Waals surface area contributed by atoms with Crippen molar-refractivity contribution in [1.82, 2.24) is 19.9 Å². The number of sulfone groups is 1. The van der Waals surface area contributed by atoms with Gasteiger partial charge >= 0.3 is 0 Å². The van der Waals surface area contributed by atoms with Gasteiger partial charge in [-0.3, -0.25) is 0 Å². The third-order valence-corrected chi connectivity index (χ3v) is 4.97. The fourth-order valence-corrected chi connectivity index (χ4v) is 3.17. The topological polar surface area (TPSA) is 101 Å². The number of benzene rings is 1. The van der Waals surface area contributed by atoms with E-state index in [0.29, 0.717) is 17.5 Å². The first kappa shape index (κ1) is 16.2. The Balaban J connectivity index is 1.65. The average Bonchev–Trinajstić information content (AvgIpc) is 3.05. The Kier molecular flexibility index (Phi) is 3.89. The number of nitrogens with zero attached hydrogens (tertiary/aromatic N) is 3. The molecule has 0 aliphatic carbocycles. The lowest BCUT2D eigenvalue weighted by Gasteiger charge is -2.03. The van der Waals surface area contributed by atoms with Crippen LogP contribution >= 0.6 is 0 Å². The minimum absolute atomic E-state index is 0.279. The second kappa shape index (κ2) is 6.23. The molecule has 4 rings (SSSR count). The highest BCUT2D eigenvalue weighted by Gasteiger charge is 2.10. The molecule has 0 fully saturated rings. The van der Waals surface area contributed by atoms with Crippen molar-refractivity contribution in [2.45, 2.75) is 4.90 Å². The van der Waals surface area contributed by atoms with Gasteiger partial charge in [-0.05, 0) is 36.4 Å². The molecule has 8 heteroatoms. The quantitative estimate of drug-likeness (QED) is 0.576. The summed E-state index contributed by atoms with van der Waals surface area (Å²) in [6, 6.07) is 14.0. The van der Waals surface area contributed by atoms with Gasteiger partial charge in [-0.25, -0.2) is 23.4 Å². The molecule has 4 aromatic rings. The molecule has 0 spiro atoms. The van der Waals surface area contributed by atoms with Crippen LogP contribution in [0.3, 0.4) is 0 Å². The first-order chi connectivity index (χ1) is 12.5. The third-order valence-electron chi connectivity index (χ3n) is 3.84. The van der Waals surface area contributed by atoms with E-state index < -0.39 is 9.84 Å². The average molecular weight is 365 g/mol. The zero-order chi connectivity index (χ0) is 18.1. The Labute approximate surface area is 150 Å². The van der Waals surface area contributed by atoms with Crippen molar-refractivity contribution in [1.29, 1.82) is 0 Å². The summed E-state index contributed by atoms with van der Waals surface area (Å²) < 4.78 is 23.1. The largest absolute Gasteiger partial charge is 0.337 e. The number of aromatic nitrogens is 4. The van der Waals surface area contributed by atoms with Gasteiger partial charge in [-0.2, -0.15) is 0 Å². The van der Waals surface area contributed by atoms with Crippen LogP contribution in [0.15, 0.2) is 65.8 Å². The van der Waals surface area contributed by atoms with Gasteiger partial charge in [0, 0.05) is 24.1 Å². The maximum Gasteiger partial charge on any atom is 0.175 e. The number of hydrogen-bond donors (Lipinski definition) is 2. The molecule has 0 unspecified atom stereocenters. The Morgan fingerprint density at radius 3 is 2.50 bits per heavy atom. The summed E-state index contributed by atoms with van der Waals surface area (Å²) in [6.45, 7) is 0. The van der Waals surface area contributed by atoms with E-state index in [1.165, 1.54) is 6.26 Å². The Morgan fingerprint density at radius 2 is 1.81 bits per heavy atom. The van der Waals surface area contributed by atoms with Gasteiger partial charge in [0.1, 0.15) is 17.5 Å². The maximum atomic E-state index is 11.6. The highest BCUT2D eigenvalue weighted by molar-refractivity contribution is 7.90. The minimum Gasteiger partial charge on any atom is -0.337 e. The van der Waals surface area contributed by atoms with Crippen LogP contribution in [0.1, 0.15) is 0 Å². The Hall–Kier alpha value is -3.26. The van der Waals surface area contributed by atoms with Crippen LogP contribution < -0.4 is 5.32 Å². The molecule has 1 aromatic carbocycles. The fraction of sp³-hybridized carbons (Fsp3) is 0.0556. The van der Waals surface area contributed by atoms with Crippen molar-refractivity contribution in [3.05, 3.63) is 60.9 Å². The van der Waals surface area contributed by atoms with Gasteiger partial charge in [0.05, 0.1) is 22.1 Å². The summed E-state index contributed by atoms with van der Waals surface area (Å²) >= 11 is 0. The van der Waals surface area contributed by atoms with Crippen LogP contribution in [0.4, 0.5) is 11.6 Å². The van der Waals surface area contributed by atoms with Gasteiger partial charge in [0.15, 0.2) is 9.84 Å². The van der Waals surface area contributed by atoms with Gasteiger partial charge in [-0.1, -0.05) is 6.07 Å². The fourth-order valence-electron chi connectivity index (χ4n) is 2.54. The molecule has 0 aliphatic heterocycles. The smallest absolute Gasteiger partial charge is 0.175 e. The lowest BCUT2D eigenvalue weighted by atomic mass is 10.2. The molecule has 7 nitrogen and oxygen atoms in total. The van der Waals surface area contributed by atoms with E-state index in [-0.39, 0.29) is 4.90 Å². The van der Waals surface area contributed by atoms with Gasteiger partial charge in [0.25, 0.3) is 0 Å². The van der Waals surface area contributed by atoms with Crippen LogP contribution in [-0.2, 0) is 9.84 Å². The number of aromatic amines is 1. The standard InChI is InChI=1S/C18H15N5O2S/c1-26(24,25)13-7-5-12(6-8-13)18-21-14-10-17(20-11-15(14)22-18)23-16-4-2-3-9-19-16/h2-11H,1H3,(H,21,22)(H,19,20,23). The summed E-state index contributed by atoms with van der Waals surface area (Å²) in [5, 5.41) is 3.13. The van der Waals surface area contributed by atoms with E-state index in [4.69, 9.17) is 0 Å². The normalized spacial score (nSPS) is 11.6. The highest BCUT2D eigenvalue weighted by Crippen LogP contribution is 2.23. The van der Waals surface area contributed by atoms with E-state index in [2.05, 4.69) is 25.3 Å². The number of rotatable bonds is 4. The Morgan fingerprint density at radius 1 is 1.00 bits per heavy atom. The second-order valence-electron chi connectivity index (χ2n) is 5.81. The first-order valence-corrected chi connectivity index (χ1v) is 9.72. The van der Waals surface area contributed by atoms with E-state index in [9.17, 15) is 8.42 Å². The molecule has 0 saturated carbocycles. The van der Waals surface area contributed by atoms with E-state index in [1.807, 2.05) is 24.3 Å². The summed E-state index contributed by atoms with van der Waals surface area (Å²) in [5.41, 5.74) is 2.34. The number of H-pyrrole nitrogens is 1. The van der Waals surface area contributed by atoms with Crippen LogP contribution in [0.5, 0.6) is 0 Å². The summed E-state index contributed by atoms with van der Waals surface area (Å²) in [7, 11) is -3.22. The number of hydrogen-bond acceptors (Lipinski definition) is 6. The molecule has 2 N–H and O–H groups in total. The third kappa shape index (κ3) is 3.27. The predicted octanol–water partition coefficient (Wildman–Crippen LogP) is 3.17. The predicted molar refractivity (Wildman–Crippen MR) is 100.0 cm³/mol. The van der Waals surface area contributed by atoms with Crippen molar-refractivity contribution >= 4 is 32.5 Å². The van der Waals surface area contributed by atoms with Crippen molar-refractivity contribution in [3.8, 4) is 11.4 Å². The van der Waals surface area contributed by atoms with Crippen molar-refractivity contribution < 1.29 is 8.42 Å². The van der Waals surface area contributed by atoms with Crippen LogP contribution in [0, 0.1) is 0 Å². The van der Waals surface area contributed by atoms with Crippen LogP contribution in [-0.4, -0.2) is 34.6 Å². The lowest BCUT2D eigenvalue weighted by molar-refractivity contribution is 0.602. The van der Waals surface area contributed by atoms with Crippen LogP contribution in [0.25, 0.3) is 22.4 Å². The molecular weight excluding hydrogens is 350 g/mol. The van der Waals surface area contributed by atoms with E-state index in [0.717, 1.165) is 16.6 Å². The Bertz CT molecular complexity index is 1170. The SMILES string of the molecule is CS(=O)(=O)c1ccc(-c2nc3cc(Nc4ccccn4)ncc3[nH]2)cc1. The van der Waals surface area contributed by atoms with E-state index >= 15 is 0 Å². The van der Waals surface area contributed by atoms with Gasteiger partial charge in [-0.15, -0.1) is 0 Å². The number of fused-ring (bicyclic) bond motifs is 1. The molecule has 3 aromatic heterocycles. The zero-order valence-corrected chi connectivity index (χ0v) is 14.7. The van der Waals surface area contributed by atoms with Crippen molar-refractivity contribution in [2.24, 2.45) is 0 Å². The van der Waals surface area contributed by atoms with Crippen molar-refractivity contribution in [2.75, 3.05) is 11.6 Å². The van der Waals surface area contributed by atoms with E-state index in [1.54, 1.807) is 36.7 Å². The molecule has 0 bridgehead atoms. The second-order valence-corrected chi connectivity index (χ2v) is 7.82. The molecule has 0 atom stereocenters. The molecule has 0 saturated heterocycles. The molecule has 3 heterocycles. The van der Waals surface area contributed by atoms with Crippen LogP contribution in [0.2, 0.25) is 0 Å². The molecule has 26 heavy (non-hydrogen) atoms.